The summed E-state index contributed by atoms with van der Waals surface area (Å²) >= 11 is 1.25. The van der Waals surface area contributed by atoms with E-state index in [-0.39, 0.29) is 24.0 Å². The first-order chi connectivity index (χ1) is 16.6. The molecule has 0 saturated carbocycles. The van der Waals surface area contributed by atoms with Gasteiger partial charge in [-0.25, -0.2) is 4.98 Å². The van der Waals surface area contributed by atoms with Crippen molar-refractivity contribution in [3.63, 3.8) is 0 Å². The highest BCUT2D eigenvalue weighted by Crippen LogP contribution is 2.33. The Bertz CT molecular complexity index is 1430. The van der Waals surface area contributed by atoms with Gasteiger partial charge in [0.2, 0.25) is 12.7 Å². The van der Waals surface area contributed by atoms with E-state index in [1.165, 1.54) is 11.8 Å². The predicted molar refractivity (Wildman–Crippen MR) is 133 cm³/mol. The summed E-state index contributed by atoms with van der Waals surface area (Å²) in [6.07, 6.45) is 0.824. The smallest absolute Gasteiger partial charge is 0.262 e. The summed E-state index contributed by atoms with van der Waals surface area (Å²) in [6.45, 7) is 2.54. The van der Waals surface area contributed by atoms with Gasteiger partial charge in [0.25, 0.3) is 5.56 Å². The normalized spacial score (nSPS) is 12.1. The van der Waals surface area contributed by atoms with Gasteiger partial charge in [0.05, 0.1) is 23.2 Å². The monoisotopic (exact) mass is 473 g/mol. The van der Waals surface area contributed by atoms with E-state index >= 15 is 0 Å². The third-order valence-electron chi connectivity index (χ3n) is 5.61. The molecule has 0 unspecified atom stereocenters. The quantitative estimate of drug-likeness (QED) is 0.315. The van der Waals surface area contributed by atoms with Gasteiger partial charge >= 0.3 is 0 Å². The van der Waals surface area contributed by atoms with E-state index in [9.17, 15) is 9.59 Å². The Labute approximate surface area is 200 Å². The number of hydrogen-bond acceptors (Lipinski definition) is 6. The minimum atomic E-state index is -0.150. The Morgan fingerprint density at radius 1 is 1.06 bits per heavy atom. The molecule has 1 amide bonds. The number of aryl methyl sites for hydroxylation is 1. The first-order valence-electron chi connectivity index (χ1n) is 11.0. The fourth-order valence-corrected chi connectivity index (χ4v) is 4.68. The van der Waals surface area contributed by atoms with Crippen LogP contribution in [0, 0.1) is 0 Å². The van der Waals surface area contributed by atoms with Gasteiger partial charge in [-0.3, -0.25) is 14.2 Å². The summed E-state index contributed by atoms with van der Waals surface area (Å²) < 4.78 is 12.5. The molecule has 0 fully saturated rings. The molecule has 2 heterocycles. The molecule has 34 heavy (non-hydrogen) atoms. The van der Waals surface area contributed by atoms with Crippen molar-refractivity contribution in [3.05, 3.63) is 88.2 Å². The fourth-order valence-electron chi connectivity index (χ4n) is 3.89. The second-order valence-corrected chi connectivity index (χ2v) is 8.78. The van der Waals surface area contributed by atoms with Crippen LogP contribution in [0.5, 0.6) is 11.5 Å². The van der Waals surface area contributed by atoms with Gasteiger partial charge in [-0.15, -0.1) is 0 Å². The molecule has 7 nitrogen and oxygen atoms in total. The van der Waals surface area contributed by atoms with Crippen LogP contribution in [0.1, 0.15) is 18.1 Å². The molecule has 1 aliphatic rings. The molecule has 0 aliphatic carbocycles. The van der Waals surface area contributed by atoms with E-state index in [1.54, 1.807) is 10.6 Å². The summed E-state index contributed by atoms with van der Waals surface area (Å²) in [7, 11) is 0. The molecule has 0 atom stereocenters. The maximum absolute atomic E-state index is 13.4. The van der Waals surface area contributed by atoms with E-state index < -0.39 is 0 Å². The number of benzene rings is 3. The van der Waals surface area contributed by atoms with Crippen LogP contribution in [-0.2, 0) is 17.8 Å². The molecule has 1 aliphatic heterocycles. The van der Waals surface area contributed by atoms with Crippen molar-refractivity contribution in [2.75, 3.05) is 17.9 Å². The number of ether oxygens (including phenoxy) is 2. The lowest BCUT2D eigenvalue weighted by Gasteiger charge is -2.14. The fraction of sp³-hybridized carbons (Fsp3) is 0.192. The van der Waals surface area contributed by atoms with E-state index in [4.69, 9.17) is 14.5 Å². The van der Waals surface area contributed by atoms with Gasteiger partial charge in [-0.2, -0.15) is 0 Å². The Morgan fingerprint density at radius 2 is 1.85 bits per heavy atom. The topological polar surface area (TPSA) is 82.5 Å². The van der Waals surface area contributed by atoms with Gasteiger partial charge < -0.3 is 14.8 Å². The Morgan fingerprint density at radius 3 is 2.74 bits per heavy atom. The second-order valence-electron chi connectivity index (χ2n) is 7.84. The molecule has 5 rings (SSSR count). The number of amides is 1. The van der Waals surface area contributed by atoms with Crippen LogP contribution >= 0.6 is 11.8 Å². The highest BCUT2D eigenvalue weighted by Gasteiger charge is 2.17. The molecule has 8 heteroatoms. The second kappa shape index (κ2) is 9.61. The third-order valence-corrected chi connectivity index (χ3v) is 6.59. The van der Waals surface area contributed by atoms with Crippen molar-refractivity contribution in [1.29, 1.82) is 0 Å². The number of thioether (sulfide) groups is 1. The molecule has 0 bridgehead atoms. The minimum absolute atomic E-state index is 0.129. The molecule has 0 saturated heterocycles. The van der Waals surface area contributed by atoms with Crippen molar-refractivity contribution in [2.45, 2.75) is 25.0 Å². The van der Waals surface area contributed by atoms with Crippen LogP contribution in [0.3, 0.4) is 0 Å². The largest absolute Gasteiger partial charge is 0.454 e. The molecule has 0 spiro atoms. The number of rotatable bonds is 7. The van der Waals surface area contributed by atoms with Crippen molar-refractivity contribution in [1.82, 2.24) is 9.55 Å². The molecule has 172 valence electrons. The number of nitrogens with one attached hydrogen (secondary N) is 1. The van der Waals surface area contributed by atoms with Crippen molar-refractivity contribution in [3.8, 4) is 11.5 Å². The summed E-state index contributed by atoms with van der Waals surface area (Å²) in [5.41, 5.74) is 3.21. The first-order valence-corrected chi connectivity index (χ1v) is 12.0. The number of carbonyl (C=O) groups is 1. The molecule has 4 aromatic rings. The zero-order valence-corrected chi connectivity index (χ0v) is 19.4. The van der Waals surface area contributed by atoms with Crippen LogP contribution in [-0.4, -0.2) is 28.0 Å². The summed E-state index contributed by atoms with van der Waals surface area (Å²) in [6, 6.07) is 20.6. The number of carbonyl (C=O) groups excluding carboxylic acids is 1. The first kappa shape index (κ1) is 22.0. The number of fused-ring (bicyclic) bond motifs is 2. The molecule has 0 radical (unpaired) electrons. The molecular weight excluding hydrogens is 450 g/mol. The maximum Gasteiger partial charge on any atom is 0.262 e. The zero-order valence-electron chi connectivity index (χ0n) is 18.6. The van der Waals surface area contributed by atoms with E-state index in [2.05, 4.69) is 5.32 Å². The Balaban J connectivity index is 1.42. The molecule has 3 aromatic carbocycles. The van der Waals surface area contributed by atoms with E-state index in [0.717, 1.165) is 23.2 Å². The maximum atomic E-state index is 13.4. The van der Waals surface area contributed by atoms with Crippen molar-refractivity contribution >= 4 is 34.3 Å². The lowest BCUT2D eigenvalue weighted by molar-refractivity contribution is -0.113. The molecule has 1 aromatic heterocycles. The summed E-state index contributed by atoms with van der Waals surface area (Å²) in [4.78, 5) is 30.8. The van der Waals surface area contributed by atoms with Crippen LogP contribution in [0.15, 0.2) is 76.7 Å². The Hall–Kier alpha value is -3.78. The number of para-hydroxylation sites is 2. The van der Waals surface area contributed by atoms with Crippen molar-refractivity contribution < 1.29 is 14.3 Å². The van der Waals surface area contributed by atoms with Gasteiger partial charge in [0.1, 0.15) is 0 Å². The van der Waals surface area contributed by atoms with Gasteiger partial charge in [-0.05, 0) is 47.9 Å². The number of nitrogens with zero attached hydrogens (tertiary/aromatic N) is 2. The zero-order chi connectivity index (χ0) is 23.5. The van der Waals surface area contributed by atoms with Gasteiger partial charge in [0, 0.05) is 5.69 Å². The highest BCUT2D eigenvalue weighted by molar-refractivity contribution is 7.99. The number of anilines is 1. The summed E-state index contributed by atoms with van der Waals surface area (Å²) in [5.74, 6) is 1.32. The number of hydrogen-bond donors (Lipinski definition) is 1. The van der Waals surface area contributed by atoms with Gasteiger partial charge in [0.15, 0.2) is 16.7 Å². The summed E-state index contributed by atoms with van der Waals surface area (Å²) in [5, 5.41) is 4.00. The van der Waals surface area contributed by atoms with Crippen LogP contribution in [0.25, 0.3) is 10.9 Å². The average molecular weight is 474 g/mol. The van der Waals surface area contributed by atoms with E-state index in [1.807, 2.05) is 67.6 Å². The van der Waals surface area contributed by atoms with Crippen LogP contribution in [0.2, 0.25) is 0 Å². The molecular formula is C26H23N3O4S. The van der Waals surface area contributed by atoms with Gasteiger partial charge in [-0.1, -0.05) is 55.1 Å². The SMILES string of the molecule is CCc1ccccc1NC(=O)CSc1nc2ccccc2c(=O)n1Cc1ccc2c(c1)OCO2. The standard InChI is InChI=1S/C26H23N3O4S/c1-2-18-7-3-5-9-20(18)27-24(30)15-34-26-28-21-10-6-4-8-19(21)25(31)29(26)14-17-11-12-22-23(13-17)33-16-32-22/h3-13H,2,14-16H2,1H3,(H,27,30). The predicted octanol–water partition coefficient (Wildman–Crippen LogP) is 4.47. The van der Waals surface area contributed by atoms with Crippen molar-refractivity contribution in [2.24, 2.45) is 0 Å². The third kappa shape index (κ3) is 4.49. The average Bonchev–Trinajstić information content (AvgIpc) is 3.33. The Kier molecular flexibility index (Phi) is 6.22. The molecule has 1 N–H and O–H groups in total. The minimum Gasteiger partial charge on any atom is -0.454 e. The van der Waals surface area contributed by atoms with Crippen LogP contribution in [0.4, 0.5) is 5.69 Å². The van der Waals surface area contributed by atoms with E-state index in [0.29, 0.717) is 34.1 Å². The lowest BCUT2D eigenvalue weighted by atomic mass is 10.1. The highest BCUT2D eigenvalue weighted by atomic mass is 32.2. The van der Waals surface area contributed by atoms with Crippen LogP contribution < -0.4 is 20.3 Å². The lowest BCUT2D eigenvalue weighted by Crippen LogP contribution is -2.25. The number of aromatic nitrogens is 2.